The highest BCUT2D eigenvalue weighted by Crippen LogP contribution is 2.27. The van der Waals surface area contributed by atoms with Crippen molar-refractivity contribution in [2.45, 2.75) is 32.6 Å². The molecule has 0 aliphatic rings. The number of hydrogen-bond donors (Lipinski definition) is 2. The van der Waals surface area contributed by atoms with Crippen LogP contribution in [0.5, 0.6) is 0 Å². The van der Waals surface area contributed by atoms with Crippen LogP contribution in [0.4, 0.5) is 5.13 Å². The van der Waals surface area contributed by atoms with Crippen molar-refractivity contribution in [3.05, 3.63) is 64.0 Å². The van der Waals surface area contributed by atoms with E-state index in [0.29, 0.717) is 16.3 Å². The van der Waals surface area contributed by atoms with Crippen molar-refractivity contribution in [2.24, 2.45) is 0 Å². The van der Waals surface area contributed by atoms with E-state index >= 15 is 0 Å². The van der Waals surface area contributed by atoms with Gasteiger partial charge in [-0.05, 0) is 55.7 Å². The van der Waals surface area contributed by atoms with Crippen LogP contribution >= 0.6 is 11.3 Å². The van der Waals surface area contributed by atoms with Gasteiger partial charge in [-0.1, -0.05) is 25.1 Å². The molecule has 1 aromatic heterocycles. The van der Waals surface area contributed by atoms with Crippen LogP contribution in [0.15, 0.2) is 46.7 Å². The number of nitrogens with one attached hydrogen (secondary N) is 2. The Morgan fingerprint density at radius 2 is 1.76 bits per heavy atom. The van der Waals surface area contributed by atoms with Gasteiger partial charge in [-0.3, -0.25) is 10.1 Å². The number of aromatic nitrogens is 1. The number of carbonyl (C=O) groups is 1. The third kappa shape index (κ3) is 4.72. The Morgan fingerprint density at radius 1 is 1.03 bits per heavy atom. The Kier molecular flexibility index (Phi) is 6.16. The third-order valence-corrected chi connectivity index (χ3v) is 6.93. The molecule has 29 heavy (non-hydrogen) atoms. The lowest BCUT2D eigenvalue weighted by molar-refractivity contribution is 0.102. The Hall–Kier alpha value is -2.55. The SMILES string of the molecule is CCNS(=O)(=O)c1ccc(C)c(C(=O)Nc2nc(-c3ccc(C)c(C)c3)cs2)c1. The van der Waals surface area contributed by atoms with Crippen LogP contribution in [-0.2, 0) is 10.0 Å². The number of sulfonamides is 1. The normalized spacial score (nSPS) is 11.4. The van der Waals surface area contributed by atoms with Gasteiger partial charge >= 0.3 is 0 Å². The van der Waals surface area contributed by atoms with Crippen LogP contribution < -0.4 is 10.0 Å². The maximum absolute atomic E-state index is 12.8. The summed E-state index contributed by atoms with van der Waals surface area (Å²) in [5, 5.41) is 5.13. The topological polar surface area (TPSA) is 88.2 Å². The molecule has 3 rings (SSSR count). The van der Waals surface area contributed by atoms with Gasteiger partial charge in [0.25, 0.3) is 5.91 Å². The molecule has 0 saturated heterocycles. The second-order valence-corrected chi connectivity index (χ2v) is 9.39. The van der Waals surface area contributed by atoms with Crippen LogP contribution in [0.25, 0.3) is 11.3 Å². The Morgan fingerprint density at radius 3 is 2.45 bits per heavy atom. The average Bonchev–Trinajstić information content (AvgIpc) is 3.12. The van der Waals surface area contributed by atoms with Gasteiger partial charge in [-0.25, -0.2) is 18.1 Å². The lowest BCUT2D eigenvalue weighted by Crippen LogP contribution is -2.24. The summed E-state index contributed by atoms with van der Waals surface area (Å²) in [4.78, 5) is 17.3. The van der Waals surface area contributed by atoms with Crippen LogP contribution in [0, 0.1) is 20.8 Å². The van der Waals surface area contributed by atoms with Crippen molar-refractivity contribution in [1.82, 2.24) is 9.71 Å². The molecule has 0 unspecified atom stereocenters. The fraction of sp³-hybridized carbons (Fsp3) is 0.238. The van der Waals surface area contributed by atoms with Crippen LogP contribution in [0.3, 0.4) is 0 Å². The fourth-order valence-corrected chi connectivity index (χ4v) is 4.60. The number of thiazole rings is 1. The highest BCUT2D eigenvalue weighted by Gasteiger charge is 2.18. The average molecular weight is 430 g/mol. The zero-order chi connectivity index (χ0) is 21.2. The number of aryl methyl sites for hydroxylation is 3. The second-order valence-electron chi connectivity index (χ2n) is 6.77. The number of rotatable bonds is 6. The molecule has 0 saturated carbocycles. The number of benzene rings is 2. The van der Waals surface area contributed by atoms with Crippen molar-refractivity contribution in [2.75, 3.05) is 11.9 Å². The molecular formula is C21H23N3O3S2. The van der Waals surface area contributed by atoms with Gasteiger partial charge in [0.15, 0.2) is 5.13 Å². The Balaban J connectivity index is 1.84. The molecule has 8 heteroatoms. The molecule has 0 atom stereocenters. The molecule has 6 nitrogen and oxygen atoms in total. The monoisotopic (exact) mass is 429 g/mol. The summed E-state index contributed by atoms with van der Waals surface area (Å²) in [6.45, 7) is 7.84. The zero-order valence-electron chi connectivity index (χ0n) is 16.7. The molecule has 0 spiro atoms. The number of carbonyl (C=O) groups excluding carboxylic acids is 1. The van der Waals surface area contributed by atoms with E-state index in [-0.39, 0.29) is 11.4 Å². The zero-order valence-corrected chi connectivity index (χ0v) is 18.4. The van der Waals surface area contributed by atoms with E-state index in [2.05, 4.69) is 28.0 Å². The Bertz CT molecular complexity index is 1170. The van der Waals surface area contributed by atoms with E-state index in [1.165, 1.54) is 34.6 Å². The summed E-state index contributed by atoms with van der Waals surface area (Å²) in [6.07, 6.45) is 0. The van der Waals surface area contributed by atoms with Crippen molar-refractivity contribution >= 4 is 32.4 Å². The van der Waals surface area contributed by atoms with Crippen molar-refractivity contribution in [3.63, 3.8) is 0 Å². The van der Waals surface area contributed by atoms with E-state index in [1.54, 1.807) is 19.9 Å². The minimum atomic E-state index is -3.64. The first-order valence-corrected chi connectivity index (χ1v) is 11.5. The molecule has 3 aromatic rings. The summed E-state index contributed by atoms with van der Waals surface area (Å²) < 4.78 is 26.9. The molecule has 2 N–H and O–H groups in total. The lowest BCUT2D eigenvalue weighted by Gasteiger charge is -2.09. The molecular weight excluding hydrogens is 406 g/mol. The molecule has 0 aliphatic carbocycles. The molecule has 2 aromatic carbocycles. The number of hydrogen-bond acceptors (Lipinski definition) is 5. The molecule has 0 fully saturated rings. The smallest absolute Gasteiger partial charge is 0.257 e. The van der Waals surface area contributed by atoms with E-state index in [1.807, 2.05) is 24.4 Å². The second kappa shape index (κ2) is 8.44. The first-order valence-electron chi connectivity index (χ1n) is 9.16. The minimum absolute atomic E-state index is 0.0602. The van der Waals surface area contributed by atoms with Gasteiger partial charge in [0, 0.05) is 23.1 Å². The van der Waals surface area contributed by atoms with Crippen LogP contribution in [-0.4, -0.2) is 25.9 Å². The predicted octanol–water partition coefficient (Wildman–Crippen LogP) is 4.29. The summed E-state index contributed by atoms with van der Waals surface area (Å²) >= 11 is 1.33. The molecule has 0 bridgehead atoms. The summed E-state index contributed by atoms with van der Waals surface area (Å²) in [5.74, 6) is -0.392. The summed E-state index contributed by atoms with van der Waals surface area (Å²) in [6, 6.07) is 10.6. The van der Waals surface area contributed by atoms with Crippen molar-refractivity contribution in [1.29, 1.82) is 0 Å². The standard InChI is InChI=1S/C21H23N3O3S2/c1-5-22-29(26,27)17-9-7-14(3)18(11-17)20(25)24-21-23-19(12-28-21)16-8-6-13(2)15(4)10-16/h6-12,22H,5H2,1-4H3,(H,23,24,25). The van der Waals surface area contributed by atoms with Gasteiger partial charge in [0.05, 0.1) is 10.6 Å². The largest absolute Gasteiger partial charge is 0.298 e. The van der Waals surface area contributed by atoms with Gasteiger partial charge in [0.2, 0.25) is 10.0 Å². The molecule has 0 aliphatic heterocycles. The molecule has 152 valence electrons. The van der Waals surface area contributed by atoms with Gasteiger partial charge in [0.1, 0.15) is 0 Å². The quantitative estimate of drug-likeness (QED) is 0.612. The van der Waals surface area contributed by atoms with E-state index in [4.69, 9.17) is 0 Å². The first kappa shape index (κ1) is 21.2. The highest BCUT2D eigenvalue weighted by molar-refractivity contribution is 7.89. The van der Waals surface area contributed by atoms with E-state index in [0.717, 1.165) is 11.3 Å². The third-order valence-electron chi connectivity index (χ3n) is 4.63. The molecule has 0 radical (unpaired) electrons. The van der Waals surface area contributed by atoms with Crippen molar-refractivity contribution < 1.29 is 13.2 Å². The van der Waals surface area contributed by atoms with Crippen molar-refractivity contribution in [3.8, 4) is 11.3 Å². The van der Waals surface area contributed by atoms with Crippen LogP contribution in [0.1, 0.15) is 34.0 Å². The predicted molar refractivity (Wildman–Crippen MR) is 117 cm³/mol. The molecule has 1 heterocycles. The minimum Gasteiger partial charge on any atom is -0.298 e. The van der Waals surface area contributed by atoms with Gasteiger partial charge in [-0.15, -0.1) is 11.3 Å². The maximum Gasteiger partial charge on any atom is 0.257 e. The summed E-state index contributed by atoms with van der Waals surface area (Å²) in [5.41, 5.74) is 5.14. The molecule has 1 amide bonds. The van der Waals surface area contributed by atoms with Gasteiger partial charge < -0.3 is 0 Å². The number of amides is 1. The number of nitrogens with zero attached hydrogens (tertiary/aromatic N) is 1. The first-order chi connectivity index (χ1) is 13.7. The lowest BCUT2D eigenvalue weighted by atomic mass is 10.1. The summed E-state index contributed by atoms with van der Waals surface area (Å²) in [7, 11) is -3.64. The van der Waals surface area contributed by atoms with E-state index in [9.17, 15) is 13.2 Å². The fourth-order valence-electron chi connectivity index (χ4n) is 2.82. The van der Waals surface area contributed by atoms with Crippen LogP contribution in [0.2, 0.25) is 0 Å². The Labute approximate surface area is 175 Å². The van der Waals surface area contributed by atoms with Gasteiger partial charge in [-0.2, -0.15) is 0 Å². The highest BCUT2D eigenvalue weighted by atomic mass is 32.2. The van der Waals surface area contributed by atoms with E-state index < -0.39 is 15.9 Å². The number of anilines is 1. The maximum atomic E-state index is 12.8.